The topological polar surface area (TPSA) is 41.9 Å². The maximum Gasteiger partial charge on any atom is 0.171 e. The van der Waals surface area contributed by atoms with E-state index < -0.39 is 0 Å². The monoisotopic (exact) mass is 372 g/mol. The van der Waals surface area contributed by atoms with Crippen LogP contribution in [0.2, 0.25) is 0 Å². The number of rotatable bonds is 5. The van der Waals surface area contributed by atoms with E-state index in [9.17, 15) is 0 Å². The van der Waals surface area contributed by atoms with Crippen LogP contribution in [0, 0.1) is 0 Å². The van der Waals surface area contributed by atoms with Gasteiger partial charge in [0.05, 0.1) is 18.4 Å². The molecular formula is C22H20N4S. The molecule has 0 fully saturated rings. The maximum atomic E-state index is 5.38. The SMILES string of the molecule is S=C(NCc1ccccc1)Nc1cnn(Cc2cccc3ccccc23)c1. The van der Waals surface area contributed by atoms with Gasteiger partial charge in [-0.2, -0.15) is 5.10 Å². The van der Waals surface area contributed by atoms with Gasteiger partial charge in [0.25, 0.3) is 0 Å². The van der Waals surface area contributed by atoms with E-state index in [-0.39, 0.29) is 0 Å². The molecule has 0 aliphatic rings. The molecule has 0 aliphatic carbocycles. The van der Waals surface area contributed by atoms with Crippen molar-refractivity contribution in [2.24, 2.45) is 0 Å². The average molecular weight is 372 g/mol. The van der Waals surface area contributed by atoms with Crippen molar-refractivity contribution in [3.8, 4) is 0 Å². The van der Waals surface area contributed by atoms with Gasteiger partial charge in [0.1, 0.15) is 0 Å². The van der Waals surface area contributed by atoms with Gasteiger partial charge in [-0.15, -0.1) is 0 Å². The molecule has 4 rings (SSSR count). The number of hydrogen-bond acceptors (Lipinski definition) is 2. The maximum absolute atomic E-state index is 5.38. The van der Waals surface area contributed by atoms with Crippen molar-refractivity contribution in [2.75, 3.05) is 5.32 Å². The lowest BCUT2D eigenvalue weighted by Gasteiger charge is -2.09. The van der Waals surface area contributed by atoms with Crippen LogP contribution < -0.4 is 10.6 Å². The third kappa shape index (κ3) is 4.33. The third-order valence-corrected chi connectivity index (χ3v) is 4.65. The van der Waals surface area contributed by atoms with Gasteiger partial charge in [-0.1, -0.05) is 72.8 Å². The van der Waals surface area contributed by atoms with E-state index in [1.807, 2.05) is 29.1 Å². The van der Waals surface area contributed by atoms with Crippen LogP contribution in [0.15, 0.2) is 85.2 Å². The first kappa shape index (κ1) is 17.2. The van der Waals surface area contributed by atoms with E-state index in [0.717, 1.165) is 5.69 Å². The molecule has 27 heavy (non-hydrogen) atoms. The first-order valence-electron chi connectivity index (χ1n) is 8.86. The summed E-state index contributed by atoms with van der Waals surface area (Å²) in [6.07, 6.45) is 3.76. The van der Waals surface area contributed by atoms with Gasteiger partial charge in [-0.25, -0.2) is 0 Å². The van der Waals surface area contributed by atoms with Gasteiger partial charge < -0.3 is 10.6 Å². The van der Waals surface area contributed by atoms with Crippen LogP contribution in [0.25, 0.3) is 10.8 Å². The molecular weight excluding hydrogens is 352 g/mol. The van der Waals surface area contributed by atoms with Crippen LogP contribution in [0.4, 0.5) is 5.69 Å². The van der Waals surface area contributed by atoms with Crippen LogP contribution in [-0.4, -0.2) is 14.9 Å². The summed E-state index contributed by atoms with van der Waals surface area (Å²) in [5, 5.41) is 13.9. The molecule has 1 aromatic heterocycles. The molecule has 3 aromatic carbocycles. The average Bonchev–Trinajstić information content (AvgIpc) is 3.14. The molecule has 2 N–H and O–H groups in total. The van der Waals surface area contributed by atoms with Gasteiger partial charge in [-0.05, 0) is 34.1 Å². The van der Waals surface area contributed by atoms with Crippen molar-refractivity contribution in [1.82, 2.24) is 15.1 Å². The zero-order chi connectivity index (χ0) is 18.5. The van der Waals surface area contributed by atoms with Crippen molar-refractivity contribution in [3.63, 3.8) is 0 Å². The van der Waals surface area contributed by atoms with Crippen molar-refractivity contribution in [1.29, 1.82) is 0 Å². The Morgan fingerprint density at radius 2 is 1.70 bits per heavy atom. The van der Waals surface area contributed by atoms with E-state index in [4.69, 9.17) is 12.2 Å². The first-order valence-corrected chi connectivity index (χ1v) is 9.27. The summed E-state index contributed by atoms with van der Waals surface area (Å²) in [5.41, 5.74) is 3.31. The lowest BCUT2D eigenvalue weighted by Crippen LogP contribution is -2.27. The van der Waals surface area contributed by atoms with Gasteiger partial charge in [0.2, 0.25) is 0 Å². The summed E-state index contributed by atoms with van der Waals surface area (Å²) in [6.45, 7) is 1.41. The molecule has 0 bridgehead atoms. The Kier molecular flexibility index (Phi) is 5.12. The zero-order valence-corrected chi connectivity index (χ0v) is 15.6. The summed E-state index contributed by atoms with van der Waals surface area (Å²) in [5.74, 6) is 0. The normalized spacial score (nSPS) is 10.7. The highest BCUT2D eigenvalue weighted by molar-refractivity contribution is 7.80. The molecule has 0 saturated carbocycles. The Morgan fingerprint density at radius 1 is 0.926 bits per heavy atom. The second-order valence-electron chi connectivity index (χ2n) is 6.36. The van der Waals surface area contributed by atoms with Crippen LogP contribution >= 0.6 is 12.2 Å². The summed E-state index contributed by atoms with van der Waals surface area (Å²) < 4.78 is 1.92. The van der Waals surface area contributed by atoms with E-state index in [1.165, 1.54) is 21.9 Å². The molecule has 0 radical (unpaired) electrons. The molecule has 134 valence electrons. The number of anilines is 1. The second-order valence-corrected chi connectivity index (χ2v) is 6.77. The quantitative estimate of drug-likeness (QED) is 0.504. The number of aromatic nitrogens is 2. The lowest BCUT2D eigenvalue weighted by atomic mass is 10.0. The summed E-state index contributed by atoms with van der Waals surface area (Å²) in [4.78, 5) is 0. The number of nitrogens with one attached hydrogen (secondary N) is 2. The number of thiocarbonyl (C=S) groups is 1. The van der Waals surface area contributed by atoms with Gasteiger partial charge in [0, 0.05) is 12.7 Å². The van der Waals surface area contributed by atoms with Crippen LogP contribution in [0.5, 0.6) is 0 Å². The molecule has 0 saturated heterocycles. The first-order chi connectivity index (χ1) is 13.3. The minimum absolute atomic E-state index is 0.587. The molecule has 0 amide bonds. The van der Waals surface area contributed by atoms with Crippen LogP contribution in [0.3, 0.4) is 0 Å². The Morgan fingerprint density at radius 3 is 2.59 bits per heavy atom. The van der Waals surface area contributed by atoms with Gasteiger partial charge >= 0.3 is 0 Å². The molecule has 0 aliphatic heterocycles. The highest BCUT2D eigenvalue weighted by Crippen LogP contribution is 2.19. The molecule has 0 spiro atoms. The minimum atomic E-state index is 0.587. The highest BCUT2D eigenvalue weighted by Gasteiger charge is 2.05. The van der Waals surface area contributed by atoms with E-state index in [2.05, 4.69) is 70.3 Å². The number of fused-ring (bicyclic) bond motifs is 1. The largest absolute Gasteiger partial charge is 0.358 e. The summed E-state index contributed by atoms with van der Waals surface area (Å²) >= 11 is 5.38. The fourth-order valence-electron chi connectivity index (χ4n) is 3.07. The van der Waals surface area contributed by atoms with Gasteiger partial charge in [0.15, 0.2) is 5.11 Å². The number of hydrogen-bond donors (Lipinski definition) is 2. The third-order valence-electron chi connectivity index (χ3n) is 4.40. The summed E-state index contributed by atoms with van der Waals surface area (Å²) in [6, 6.07) is 24.9. The zero-order valence-electron chi connectivity index (χ0n) is 14.8. The molecule has 0 atom stereocenters. The fourth-order valence-corrected chi connectivity index (χ4v) is 3.26. The Hall–Kier alpha value is -3.18. The Labute approximate surface area is 163 Å². The molecule has 5 heteroatoms. The van der Waals surface area contributed by atoms with Crippen LogP contribution in [0.1, 0.15) is 11.1 Å². The Balaban J connectivity index is 1.39. The number of nitrogens with zero attached hydrogens (tertiary/aromatic N) is 2. The molecule has 4 aromatic rings. The van der Waals surface area contributed by atoms with E-state index in [0.29, 0.717) is 18.2 Å². The lowest BCUT2D eigenvalue weighted by molar-refractivity contribution is 0.690. The molecule has 0 unspecified atom stereocenters. The van der Waals surface area contributed by atoms with Crippen molar-refractivity contribution < 1.29 is 0 Å². The van der Waals surface area contributed by atoms with Crippen LogP contribution in [-0.2, 0) is 13.1 Å². The van der Waals surface area contributed by atoms with Crippen molar-refractivity contribution in [3.05, 3.63) is 96.3 Å². The Bertz CT molecular complexity index is 1050. The van der Waals surface area contributed by atoms with Gasteiger partial charge in [-0.3, -0.25) is 4.68 Å². The predicted molar refractivity (Wildman–Crippen MR) is 115 cm³/mol. The number of benzene rings is 3. The predicted octanol–water partition coefficient (Wildman–Crippen LogP) is 4.57. The summed E-state index contributed by atoms with van der Waals surface area (Å²) in [7, 11) is 0. The minimum Gasteiger partial charge on any atom is -0.358 e. The van der Waals surface area contributed by atoms with Crippen molar-refractivity contribution >= 4 is 33.8 Å². The highest BCUT2D eigenvalue weighted by atomic mass is 32.1. The second kappa shape index (κ2) is 8.01. The van der Waals surface area contributed by atoms with E-state index >= 15 is 0 Å². The standard InChI is InChI=1S/C22H20N4S/c27-22(23-13-17-7-2-1-3-8-17)25-20-14-24-26(16-20)15-19-11-6-10-18-9-4-5-12-21(18)19/h1-12,14,16H,13,15H2,(H2,23,25,27). The van der Waals surface area contributed by atoms with E-state index in [1.54, 1.807) is 6.20 Å². The molecule has 1 heterocycles. The molecule has 4 nitrogen and oxygen atoms in total. The fraction of sp³-hybridized carbons (Fsp3) is 0.0909. The van der Waals surface area contributed by atoms with Crippen molar-refractivity contribution in [2.45, 2.75) is 13.1 Å². The smallest absolute Gasteiger partial charge is 0.171 e.